The summed E-state index contributed by atoms with van der Waals surface area (Å²) >= 11 is 5.10. The largest absolute Gasteiger partial charge is 0.416 e. The van der Waals surface area contributed by atoms with Crippen LogP contribution in [0.1, 0.15) is 46.3 Å². The highest BCUT2D eigenvalue weighted by atomic mass is 35.5. The molecule has 0 saturated heterocycles. The van der Waals surface area contributed by atoms with Crippen LogP contribution in [-0.4, -0.2) is 42.3 Å². The highest BCUT2D eigenvalue weighted by molar-refractivity contribution is 7.80. The molecule has 0 fully saturated rings. The maximum absolute atomic E-state index is 13.1. The number of anilines is 1. The van der Waals surface area contributed by atoms with Gasteiger partial charge in [0.2, 0.25) is 0 Å². The number of hydrogen-bond donors (Lipinski definition) is 2. The van der Waals surface area contributed by atoms with E-state index in [9.17, 15) is 22.8 Å². The molecule has 0 aliphatic heterocycles. The zero-order valence-electron chi connectivity index (χ0n) is 19.3. The van der Waals surface area contributed by atoms with E-state index >= 15 is 0 Å². The molecular formula is C24H29ClF3N3O2S. The van der Waals surface area contributed by atoms with E-state index in [0.717, 1.165) is 31.0 Å². The minimum Gasteiger partial charge on any atom is -0.332 e. The van der Waals surface area contributed by atoms with Crippen LogP contribution >= 0.6 is 24.6 Å². The summed E-state index contributed by atoms with van der Waals surface area (Å²) in [5.41, 5.74) is 0.482. The second-order valence-corrected chi connectivity index (χ2v) is 8.52. The Morgan fingerprint density at radius 2 is 1.68 bits per heavy atom. The van der Waals surface area contributed by atoms with Crippen LogP contribution in [0.3, 0.4) is 0 Å². The van der Waals surface area contributed by atoms with Crippen molar-refractivity contribution < 1.29 is 22.8 Å². The Morgan fingerprint density at radius 1 is 1.03 bits per heavy atom. The first-order valence-corrected chi connectivity index (χ1v) is 10.9. The molecule has 2 N–H and O–H groups in total. The lowest BCUT2D eigenvalue weighted by Crippen LogP contribution is -2.34. The molecule has 34 heavy (non-hydrogen) atoms. The van der Waals surface area contributed by atoms with Gasteiger partial charge in [-0.15, -0.1) is 12.4 Å². The first-order chi connectivity index (χ1) is 15.5. The molecule has 5 nitrogen and oxygen atoms in total. The summed E-state index contributed by atoms with van der Waals surface area (Å²) < 4.78 is 39.2. The van der Waals surface area contributed by atoms with Gasteiger partial charge >= 0.3 is 6.18 Å². The van der Waals surface area contributed by atoms with Gasteiger partial charge in [0.1, 0.15) is 5.78 Å². The van der Waals surface area contributed by atoms with Crippen LogP contribution in [-0.2, 0) is 17.4 Å². The summed E-state index contributed by atoms with van der Waals surface area (Å²) in [6.45, 7) is 2.29. The molecule has 0 aromatic heterocycles. The van der Waals surface area contributed by atoms with Crippen LogP contribution in [0.15, 0.2) is 42.5 Å². The van der Waals surface area contributed by atoms with Crippen molar-refractivity contribution in [3.05, 3.63) is 64.7 Å². The number of carbonyl (C=O) groups excluding carboxylic acids is 2. The van der Waals surface area contributed by atoms with E-state index in [1.54, 1.807) is 24.3 Å². The molecule has 0 saturated carbocycles. The van der Waals surface area contributed by atoms with Crippen LogP contribution in [0.2, 0.25) is 0 Å². The number of Topliss-reactive ketones (excluding diaryl/α,β-unsaturated/α-hetero) is 1. The van der Waals surface area contributed by atoms with Gasteiger partial charge in [-0.25, -0.2) is 0 Å². The highest BCUT2D eigenvalue weighted by Crippen LogP contribution is 2.32. The maximum atomic E-state index is 13.1. The fourth-order valence-electron chi connectivity index (χ4n) is 3.18. The van der Waals surface area contributed by atoms with Crippen molar-refractivity contribution in [2.24, 2.45) is 0 Å². The van der Waals surface area contributed by atoms with Gasteiger partial charge in [-0.2, -0.15) is 13.2 Å². The number of thiocarbonyl (C=S) groups is 1. The molecule has 2 rings (SSSR count). The Labute approximate surface area is 209 Å². The van der Waals surface area contributed by atoms with E-state index in [2.05, 4.69) is 15.5 Å². The van der Waals surface area contributed by atoms with Gasteiger partial charge in [-0.3, -0.25) is 14.9 Å². The van der Waals surface area contributed by atoms with Gasteiger partial charge in [-0.1, -0.05) is 18.2 Å². The number of aryl methyl sites for hydroxylation is 1. The van der Waals surface area contributed by atoms with Crippen molar-refractivity contribution in [1.29, 1.82) is 0 Å². The molecule has 2 aromatic rings. The lowest BCUT2D eigenvalue weighted by atomic mass is 10.0. The average Bonchev–Trinajstić information content (AvgIpc) is 2.72. The molecule has 10 heteroatoms. The van der Waals surface area contributed by atoms with Crippen molar-refractivity contribution in [3.8, 4) is 0 Å². The number of nitrogens with zero attached hydrogens (tertiary/aromatic N) is 1. The van der Waals surface area contributed by atoms with Gasteiger partial charge in [0.05, 0.1) is 5.56 Å². The van der Waals surface area contributed by atoms with Crippen molar-refractivity contribution in [3.63, 3.8) is 0 Å². The molecule has 0 bridgehead atoms. The monoisotopic (exact) mass is 515 g/mol. The molecule has 0 aliphatic rings. The first-order valence-electron chi connectivity index (χ1n) is 10.5. The number of benzene rings is 2. The summed E-state index contributed by atoms with van der Waals surface area (Å²) in [4.78, 5) is 26.5. The molecule has 1 amide bonds. The summed E-state index contributed by atoms with van der Waals surface area (Å²) in [7, 11) is 4.00. The molecule has 0 heterocycles. The quantitative estimate of drug-likeness (QED) is 0.345. The van der Waals surface area contributed by atoms with Crippen molar-refractivity contribution in [2.75, 3.05) is 26.0 Å². The van der Waals surface area contributed by atoms with Gasteiger partial charge in [0.15, 0.2) is 5.11 Å². The van der Waals surface area contributed by atoms with Gasteiger partial charge in [0.25, 0.3) is 5.91 Å². The van der Waals surface area contributed by atoms with E-state index in [1.807, 2.05) is 14.1 Å². The molecule has 0 unspecified atom stereocenters. The lowest BCUT2D eigenvalue weighted by molar-refractivity contribution is -0.138. The second kappa shape index (κ2) is 13.4. The van der Waals surface area contributed by atoms with Crippen LogP contribution in [0, 0.1) is 6.92 Å². The first kappa shape index (κ1) is 29.5. The van der Waals surface area contributed by atoms with Crippen LogP contribution in [0.5, 0.6) is 0 Å². The Balaban J connectivity index is 0.00000578. The number of nitrogens with one attached hydrogen (secondary N) is 2. The minimum atomic E-state index is -4.55. The number of hydrogen-bond acceptors (Lipinski definition) is 4. The smallest absolute Gasteiger partial charge is 0.332 e. The molecule has 0 atom stereocenters. The second-order valence-electron chi connectivity index (χ2n) is 8.11. The van der Waals surface area contributed by atoms with Crippen molar-refractivity contribution in [2.45, 2.75) is 38.8 Å². The van der Waals surface area contributed by atoms with E-state index in [0.29, 0.717) is 18.5 Å². The third-order valence-corrected chi connectivity index (χ3v) is 5.16. The Kier molecular flexibility index (Phi) is 11.7. The fraction of sp³-hybridized carbons (Fsp3) is 0.375. The molecule has 0 radical (unpaired) electrons. The van der Waals surface area contributed by atoms with E-state index in [1.165, 1.54) is 19.1 Å². The third-order valence-electron chi connectivity index (χ3n) is 4.96. The van der Waals surface area contributed by atoms with Gasteiger partial charge < -0.3 is 10.2 Å². The number of carbonyl (C=O) groups is 2. The summed E-state index contributed by atoms with van der Waals surface area (Å²) in [5.74, 6) is -0.567. The number of unbranched alkanes of at least 4 members (excludes halogenated alkanes) is 1. The number of ketones is 1. The average molecular weight is 516 g/mol. The lowest BCUT2D eigenvalue weighted by Gasteiger charge is -2.13. The van der Waals surface area contributed by atoms with Gasteiger partial charge in [0, 0.05) is 24.1 Å². The normalized spacial score (nSPS) is 11.0. The zero-order chi connectivity index (χ0) is 24.6. The highest BCUT2D eigenvalue weighted by Gasteiger charge is 2.33. The molecule has 0 spiro atoms. The standard InChI is InChI=1S/C24H28F3N3O2S.ClH/c1-16-7-10-18(15-21(16)24(25,26)27)22(32)29-23(33)28-19-11-8-17(9-12-19)14-20(31)6-4-5-13-30(2)3;/h7-12,15H,4-6,13-14H2,1-3H3,(H2,28,29,32,33);1H. The SMILES string of the molecule is Cc1ccc(C(=O)NC(=S)Nc2ccc(CC(=O)CCCCN(C)C)cc2)cc1C(F)(F)F.Cl. The zero-order valence-corrected chi connectivity index (χ0v) is 20.9. The number of amides is 1. The molecule has 2 aromatic carbocycles. The molecular weight excluding hydrogens is 487 g/mol. The maximum Gasteiger partial charge on any atom is 0.416 e. The predicted molar refractivity (Wildman–Crippen MR) is 135 cm³/mol. The third kappa shape index (κ3) is 9.79. The molecule has 0 aliphatic carbocycles. The topological polar surface area (TPSA) is 61.4 Å². The number of alkyl halides is 3. The van der Waals surface area contributed by atoms with Gasteiger partial charge in [-0.05, 0) is 88.0 Å². The Morgan fingerprint density at radius 3 is 2.26 bits per heavy atom. The number of halogens is 4. The summed E-state index contributed by atoms with van der Waals surface area (Å²) in [6.07, 6.45) is -1.83. The Hall–Kier alpha value is -2.49. The summed E-state index contributed by atoms with van der Waals surface area (Å²) in [6, 6.07) is 10.4. The van der Waals surface area contributed by atoms with E-state index in [4.69, 9.17) is 12.2 Å². The number of rotatable bonds is 9. The fourth-order valence-corrected chi connectivity index (χ4v) is 3.39. The van der Waals surface area contributed by atoms with Crippen molar-refractivity contribution >= 4 is 47.1 Å². The van der Waals surface area contributed by atoms with Crippen LogP contribution in [0.4, 0.5) is 18.9 Å². The summed E-state index contributed by atoms with van der Waals surface area (Å²) in [5, 5.41) is 5.16. The minimum absolute atomic E-state index is 0. The predicted octanol–water partition coefficient (Wildman–Crippen LogP) is 5.41. The van der Waals surface area contributed by atoms with Crippen LogP contribution in [0.25, 0.3) is 0 Å². The Bertz CT molecular complexity index is 996. The van der Waals surface area contributed by atoms with Crippen molar-refractivity contribution in [1.82, 2.24) is 10.2 Å². The molecule has 186 valence electrons. The van der Waals surface area contributed by atoms with E-state index < -0.39 is 17.6 Å². The van der Waals surface area contributed by atoms with Crippen LogP contribution < -0.4 is 10.6 Å². The van der Waals surface area contributed by atoms with E-state index in [-0.39, 0.29) is 34.4 Å².